The van der Waals surface area contributed by atoms with Crippen molar-refractivity contribution in [2.75, 3.05) is 0 Å². The first-order chi connectivity index (χ1) is 24.3. The van der Waals surface area contributed by atoms with Gasteiger partial charge in [-0.15, -0.1) is 0 Å². The van der Waals surface area contributed by atoms with Crippen LogP contribution < -0.4 is 11.2 Å². The molecule has 5 aromatic heterocycles. The molecule has 0 spiro atoms. The molecule has 5 heterocycles. The number of pyridine rings is 1. The summed E-state index contributed by atoms with van der Waals surface area (Å²) in [7, 11) is 3.19. The number of benzene rings is 2. The number of H-pyrrole nitrogens is 1. The van der Waals surface area contributed by atoms with Gasteiger partial charge in [0.2, 0.25) is 0 Å². The van der Waals surface area contributed by atoms with Crippen molar-refractivity contribution in [1.82, 2.24) is 33.2 Å². The van der Waals surface area contributed by atoms with Crippen molar-refractivity contribution in [3.8, 4) is 0 Å². The van der Waals surface area contributed by atoms with Crippen LogP contribution in [0.25, 0.3) is 33.0 Å². The second kappa shape index (κ2) is 12.9. The summed E-state index contributed by atoms with van der Waals surface area (Å²) in [5, 5.41) is 6.91. The van der Waals surface area contributed by atoms with Gasteiger partial charge in [0.15, 0.2) is 29.3 Å². The van der Waals surface area contributed by atoms with E-state index in [9.17, 15) is 14.4 Å². The first kappa shape index (κ1) is 33.8. The zero-order valence-electron chi connectivity index (χ0n) is 28.3. The van der Waals surface area contributed by atoms with Gasteiger partial charge in [-0.05, 0) is 69.3 Å². The molecule has 0 amide bonds. The number of hydrogen-bond acceptors (Lipinski definition) is 8. The van der Waals surface area contributed by atoms with Gasteiger partial charge in [0, 0.05) is 58.4 Å². The van der Waals surface area contributed by atoms with Crippen molar-refractivity contribution in [1.29, 1.82) is 0 Å². The number of oxime groups is 1. The summed E-state index contributed by atoms with van der Waals surface area (Å²) in [6.45, 7) is 5.09. The minimum Gasteiger partial charge on any atom is -0.443 e. The average molecular weight is 728 g/mol. The van der Waals surface area contributed by atoms with Crippen LogP contribution in [-0.2, 0) is 36.8 Å². The molecule has 13 nitrogen and oxygen atoms in total. The Morgan fingerprint density at radius 2 is 1.65 bits per heavy atom. The standard InChI is InChI=1S/C36H32Cl2N8O5/c1-36(2,3)51-35(49)46-22(17-24-26(38)9-7-11-28(24)46)18-45-33(47)30-32(44(5)34(45)48)41-31(43(30)4)29(20-12-14-39-15-13-20)42-50-19-21-16-23-25(37)8-6-10-27(23)40-21/h6-17,40H,18-19H2,1-5H3/b42-29+. The lowest BCUT2D eigenvalue weighted by atomic mass is 10.1. The van der Waals surface area contributed by atoms with Gasteiger partial charge in [-0.1, -0.05) is 40.5 Å². The minimum atomic E-state index is -0.804. The number of aromatic amines is 1. The minimum absolute atomic E-state index is 0.0878. The van der Waals surface area contributed by atoms with E-state index in [2.05, 4.69) is 15.1 Å². The van der Waals surface area contributed by atoms with E-state index in [0.29, 0.717) is 37.9 Å². The summed E-state index contributed by atoms with van der Waals surface area (Å²) in [4.78, 5) is 59.5. The third-order valence-electron chi connectivity index (χ3n) is 8.33. The Morgan fingerprint density at radius 1 is 0.941 bits per heavy atom. The molecule has 2 aromatic carbocycles. The maximum atomic E-state index is 14.2. The van der Waals surface area contributed by atoms with E-state index >= 15 is 0 Å². The first-order valence-corrected chi connectivity index (χ1v) is 16.6. The van der Waals surface area contributed by atoms with Crippen molar-refractivity contribution >= 4 is 68.0 Å². The normalized spacial score (nSPS) is 12.3. The van der Waals surface area contributed by atoms with E-state index in [0.717, 1.165) is 21.2 Å². The van der Waals surface area contributed by atoms with Crippen molar-refractivity contribution in [3.63, 3.8) is 0 Å². The lowest BCUT2D eigenvalue weighted by Gasteiger charge is -2.21. The van der Waals surface area contributed by atoms with Gasteiger partial charge in [0.25, 0.3) is 5.56 Å². The molecule has 260 valence electrons. The van der Waals surface area contributed by atoms with Crippen LogP contribution in [0.2, 0.25) is 10.0 Å². The molecule has 15 heteroatoms. The molecule has 0 fully saturated rings. The number of aryl methyl sites for hydroxylation is 2. The van der Waals surface area contributed by atoms with Gasteiger partial charge >= 0.3 is 11.8 Å². The van der Waals surface area contributed by atoms with E-state index in [4.69, 9.17) is 37.8 Å². The van der Waals surface area contributed by atoms with Gasteiger partial charge in [0.1, 0.15) is 5.60 Å². The van der Waals surface area contributed by atoms with Crippen molar-refractivity contribution in [2.45, 2.75) is 39.5 Å². The maximum absolute atomic E-state index is 14.2. The third-order valence-corrected chi connectivity index (χ3v) is 8.99. The smallest absolute Gasteiger partial charge is 0.419 e. The number of hydrogen-bond donors (Lipinski definition) is 1. The maximum Gasteiger partial charge on any atom is 0.419 e. The van der Waals surface area contributed by atoms with E-state index < -0.39 is 22.9 Å². The Bertz CT molecular complexity index is 2640. The third kappa shape index (κ3) is 6.19. The van der Waals surface area contributed by atoms with Crippen LogP contribution in [0.3, 0.4) is 0 Å². The quantitative estimate of drug-likeness (QED) is 0.148. The highest BCUT2D eigenvalue weighted by molar-refractivity contribution is 6.36. The molecule has 51 heavy (non-hydrogen) atoms. The number of nitrogens with zero attached hydrogens (tertiary/aromatic N) is 7. The van der Waals surface area contributed by atoms with Crippen LogP contribution in [0.4, 0.5) is 4.79 Å². The van der Waals surface area contributed by atoms with Crippen LogP contribution in [0, 0.1) is 0 Å². The highest BCUT2D eigenvalue weighted by Crippen LogP contribution is 2.29. The fraction of sp³-hybridized carbons (Fsp3) is 0.222. The summed E-state index contributed by atoms with van der Waals surface area (Å²) in [6.07, 6.45) is 2.54. The highest BCUT2D eigenvalue weighted by atomic mass is 35.5. The molecular formula is C36H32Cl2N8O5. The summed E-state index contributed by atoms with van der Waals surface area (Å²) < 4.78 is 10.9. The largest absolute Gasteiger partial charge is 0.443 e. The molecule has 7 rings (SSSR count). The van der Waals surface area contributed by atoms with Gasteiger partial charge < -0.3 is 19.1 Å². The number of halogens is 2. The fourth-order valence-electron chi connectivity index (χ4n) is 6.00. The Kier molecular flexibility index (Phi) is 8.56. The lowest BCUT2D eigenvalue weighted by molar-refractivity contribution is 0.0539. The van der Waals surface area contributed by atoms with Gasteiger partial charge in [-0.2, -0.15) is 0 Å². The van der Waals surface area contributed by atoms with E-state index in [1.165, 1.54) is 16.2 Å². The summed E-state index contributed by atoms with van der Waals surface area (Å²) in [5.74, 6) is 0.274. The van der Waals surface area contributed by atoms with Crippen molar-refractivity contribution in [2.24, 2.45) is 19.3 Å². The SMILES string of the molecule is Cn1c(/C(=N/OCc2cc3c(Cl)cccc3[nH]2)c2ccncc2)nc2c1c(=O)n(Cc1cc3c(Cl)cccc3n1C(=O)OC(C)(C)C)c(=O)n2C. The molecule has 7 aromatic rings. The van der Waals surface area contributed by atoms with E-state index in [1.807, 2.05) is 24.3 Å². The summed E-state index contributed by atoms with van der Waals surface area (Å²) in [5.41, 5.74) is 1.56. The van der Waals surface area contributed by atoms with Crippen LogP contribution in [0.15, 0.2) is 87.8 Å². The number of carbonyl (C=O) groups is 1. The summed E-state index contributed by atoms with van der Waals surface area (Å²) in [6, 6.07) is 17.8. The van der Waals surface area contributed by atoms with Crippen LogP contribution in [-0.4, -0.2) is 50.6 Å². The number of ether oxygens (including phenoxy) is 1. The number of imidazole rings is 1. The molecule has 0 aliphatic carbocycles. The molecule has 0 saturated heterocycles. The first-order valence-electron chi connectivity index (χ1n) is 15.9. The monoisotopic (exact) mass is 726 g/mol. The van der Waals surface area contributed by atoms with E-state index in [1.54, 1.807) is 81.2 Å². The van der Waals surface area contributed by atoms with Gasteiger partial charge in [-0.25, -0.2) is 19.1 Å². The van der Waals surface area contributed by atoms with Gasteiger partial charge in [0.05, 0.1) is 23.4 Å². The molecule has 0 aliphatic heterocycles. The predicted molar refractivity (Wildman–Crippen MR) is 196 cm³/mol. The van der Waals surface area contributed by atoms with Crippen LogP contribution >= 0.6 is 23.2 Å². The van der Waals surface area contributed by atoms with Crippen molar-refractivity contribution < 1.29 is 14.4 Å². The molecular weight excluding hydrogens is 695 g/mol. The molecule has 0 radical (unpaired) electrons. The van der Waals surface area contributed by atoms with E-state index in [-0.39, 0.29) is 30.1 Å². The second-order valence-corrected chi connectivity index (χ2v) is 13.8. The molecule has 0 unspecified atom stereocenters. The predicted octanol–water partition coefficient (Wildman–Crippen LogP) is 6.37. The number of rotatable bonds is 7. The second-order valence-electron chi connectivity index (χ2n) is 13.0. The van der Waals surface area contributed by atoms with Crippen molar-refractivity contribution in [3.05, 3.63) is 127 Å². The number of aromatic nitrogens is 7. The lowest BCUT2D eigenvalue weighted by Crippen LogP contribution is -2.40. The Hall–Kier alpha value is -5.66. The zero-order valence-corrected chi connectivity index (χ0v) is 29.8. The Balaban J connectivity index is 1.32. The Morgan fingerprint density at radius 3 is 2.35 bits per heavy atom. The highest BCUT2D eigenvalue weighted by Gasteiger charge is 2.26. The zero-order chi connectivity index (χ0) is 36.2. The fourth-order valence-corrected chi connectivity index (χ4v) is 6.45. The molecule has 0 bridgehead atoms. The summed E-state index contributed by atoms with van der Waals surface area (Å²) >= 11 is 12.9. The number of carbonyl (C=O) groups excluding carboxylic acids is 1. The molecule has 0 atom stereocenters. The van der Waals surface area contributed by atoms with Gasteiger partial charge in [-0.3, -0.25) is 18.9 Å². The Labute approximate surface area is 300 Å². The van der Waals surface area contributed by atoms with Crippen LogP contribution in [0.1, 0.15) is 43.5 Å². The molecule has 1 N–H and O–H groups in total. The topological polar surface area (TPSA) is 143 Å². The average Bonchev–Trinajstić information content (AvgIpc) is 3.78. The number of fused-ring (bicyclic) bond motifs is 3. The van der Waals surface area contributed by atoms with Crippen LogP contribution in [0.5, 0.6) is 0 Å². The molecule has 0 saturated carbocycles. The molecule has 0 aliphatic rings. The number of nitrogens with one attached hydrogen (secondary N) is 1.